The van der Waals surface area contributed by atoms with Crippen LogP contribution in [0.4, 0.5) is 10.1 Å². The van der Waals surface area contributed by atoms with Crippen molar-refractivity contribution < 1.29 is 19.1 Å². The number of rotatable bonds is 5. The Morgan fingerprint density at radius 2 is 1.85 bits per heavy atom. The van der Waals surface area contributed by atoms with E-state index in [0.29, 0.717) is 11.3 Å². The summed E-state index contributed by atoms with van der Waals surface area (Å²) in [5.41, 5.74) is 2.14. The van der Waals surface area contributed by atoms with E-state index in [9.17, 15) is 19.1 Å². The molecule has 1 amide bonds. The van der Waals surface area contributed by atoms with Crippen molar-refractivity contribution >= 4 is 29.0 Å². The number of nitrogens with zero attached hydrogens (tertiary/aromatic N) is 1. The molecule has 1 aliphatic heterocycles. The maximum atomic E-state index is 13.6. The fourth-order valence-electron chi connectivity index (χ4n) is 3.23. The topological polar surface area (TPSA) is 57.6 Å². The monoisotopic (exact) mass is 387 g/mol. The average molecular weight is 388 g/mol. The molecular formula is C21H19ClFNO3. The molecule has 0 spiro atoms. The zero-order chi connectivity index (χ0) is 19.7. The molecule has 0 radical (unpaired) electrons. The molecule has 6 heteroatoms. The van der Waals surface area contributed by atoms with E-state index < -0.39 is 23.5 Å². The number of amides is 1. The van der Waals surface area contributed by atoms with Crippen molar-refractivity contribution in [2.24, 2.45) is 0 Å². The van der Waals surface area contributed by atoms with Crippen molar-refractivity contribution in [2.75, 3.05) is 4.90 Å². The molecule has 0 bridgehead atoms. The van der Waals surface area contributed by atoms with Gasteiger partial charge in [0.1, 0.15) is 5.82 Å². The molecule has 1 N–H and O–H groups in total. The standard InChI is InChI=1S/C21H19ClFNO3/c1-3-12-5-7-13(8-6-12)19-18(17(25)4-2)20(26)21(27)24(19)14-9-10-16(23)15(22)11-14/h5-11,19,26H,3-4H2,1-2H3. The molecule has 27 heavy (non-hydrogen) atoms. The lowest BCUT2D eigenvalue weighted by atomic mass is 9.94. The molecule has 0 fully saturated rings. The highest BCUT2D eigenvalue weighted by Crippen LogP contribution is 2.42. The summed E-state index contributed by atoms with van der Waals surface area (Å²) in [6.45, 7) is 3.69. The van der Waals surface area contributed by atoms with E-state index in [4.69, 9.17) is 11.6 Å². The van der Waals surface area contributed by atoms with Gasteiger partial charge in [0.05, 0.1) is 16.6 Å². The highest BCUT2D eigenvalue weighted by atomic mass is 35.5. The third kappa shape index (κ3) is 3.35. The van der Waals surface area contributed by atoms with Crippen LogP contribution in [0.1, 0.15) is 37.4 Å². The van der Waals surface area contributed by atoms with Gasteiger partial charge in [-0.05, 0) is 35.7 Å². The number of hydrogen-bond donors (Lipinski definition) is 1. The summed E-state index contributed by atoms with van der Waals surface area (Å²) in [7, 11) is 0. The van der Waals surface area contributed by atoms with Crippen molar-refractivity contribution in [3.8, 4) is 0 Å². The maximum Gasteiger partial charge on any atom is 0.294 e. The largest absolute Gasteiger partial charge is 0.503 e. The van der Waals surface area contributed by atoms with E-state index in [0.717, 1.165) is 18.1 Å². The minimum atomic E-state index is -0.794. The van der Waals surface area contributed by atoms with Gasteiger partial charge in [0, 0.05) is 12.1 Å². The molecule has 2 aromatic carbocycles. The van der Waals surface area contributed by atoms with Crippen LogP contribution in [-0.4, -0.2) is 16.8 Å². The molecular weight excluding hydrogens is 369 g/mol. The first-order chi connectivity index (χ1) is 12.9. The highest BCUT2D eigenvalue weighted by molar-refractivity contribution is 6.31. The van der Waals surface area contributed by atoms with Crippen LogP contribution in [0.3, 0.4) is 0 Å². The van der Waals surface area contributed by atoms with Gasteiger partial charge in [-0.15, -0.1) is 0 Å². The maximum absolute atomic E-state index is 13.6. The molecule has 2 aromatic rings. The Labute approximate surface area is 161 Å². The van der Waals surface area contributed by atoms with Crippen molar-refractivity contribution in [1.29, 1.82) is 0 Å². The zero-order valence-corrected chi connectivity index (χ0v) is 15.8. The van der Waals surface area contributed by atoms with Crippen molar-refractivity contribution in [3.63, 3.8) is 0 Å². The van der Waals surface area contributed by atoms with Crippen molar-refractivity contribution in [1.82, 2.24) is 0 Å². The van der Waals surface area contributed by atoms with Gasteiger partial charge in [0.2, 0.25) is 0 Å². The molecule has 0 saturated carbocycles. The van der Waals surface area contributed by atoms with Gasteiger partial charge in [-0.3, -0.25) is 14.5 Å². The second-order valence-electron chi connectivity index (χ2n) is 6.31. The fraction of sp³-hybridized carbons (Fsp3) is 0.238. The second kappa shape index (κ2) is 7.53. The summed E-state index contributed by atoms with van der Waals surface area (Å²) >= 11 is 5.88. The number of Topliss-reactive ketones (excluding diaryl/α,β-unsaturated/α-hetero) is 1. The number of hydrogen-bond acceptors (Lipinski definition) is 3. The molecule has 1 atom stereocenters. The number of ketones is 1. The van der Waals surface area contributed by atoms with Crippen LogP contribution in [-0.2, 0) is 16.0 Å². The predicted octanol–water partition coefficient (Wildman–Crippen LogP) is 4.92. The van der Waals surface area contributed by atoms with Crippen LogP contribution < -0.4 is 4.90 Å². The smallest absolute Gasteiger partial charge is 0.294 e. The number of carbonyl (C=O) groups is 2. The Morgan fingerprint density at radius 3 is 2.41 bits per heavy atom. The number of anilines is 1. The summed E-state index contributed by atoms with van der Waals surface area (Å²) in [4.78, 5) is 26.5. The minimum absolute atomic E-state index is 0.0483. The van der Waals surface area contributed by atoms with Crippen molar-refractivity contribution in [2.45, 2.75) is 32.7 Å². The Balaban J connectivity index is 2.16. The van der Waals surface area contributed by atoms with Crippen LogP contribution in [0.5, 0.6) is 0 Å². The molecule has 1 aliphatic rings. The van der Waals surface area contributed by atoms with Gasteiger partial charge in [-0.2, -0.15) is 0 Å². The Bertz CT molecular complexity index is 937. The molecule has 1 heterocycles. The van der Waals surface area contributed by atoms with Crippen LogP contribution in [0, 0.1) is 5.82 Å². The molecule has 3 rings (SSSR count). The predicted molar refractivity (Wildman–Crippen MR) is 102 cm³/mol. The number of aliphatic hydroxyl groups is 1. The quantitative estimate of drug-likeness (QED) is 0.792. The Hall–Kier alpha value is -2.66. The first kappa shape index (κ1) is 19.1. The summed E-state index contributed by atoms with van der Waals surface area (Å²) in [6, 6.07) is 10.6. The first-order valence-corrected chi connectivity index (χ1v) is 9.10. The molecule has 0 aliphatic carbocycles. The molecule has 0 saturated heterocycles. The third-order valence-corrected chi connectivity index (χ3v) is 5.00. The normalized spacial score (nSPS) is 17.0. The van der Waals surface area contributed by atoms with Crippen LogP contribution >= 0.6 is 11.6 Å². The lowest BCUT2D eigenvalue weighted by Crippen LogP contribution is -2.31. The van der Waals surface area contributed by atoms with Crippen LogP contribution in [0.25, 0.3) is 0 Å². The number of aryl methyl sites for hydroxylation is 1. The number of benzene rings is 2. The lowest BCUT2D eigenvalue weighted by molar-refractivity contribution is -0.118. The second-order valence-corrected chi connectivity index (χ2v) is 6.72. The Kier molecular flexibility index (Phi) is 5.33. The fourth-order valence-corrected chi connectivity index (χ4v) is 3.41. The minimum Gasteiger partial charge on any atom is -0.503 e. The van der Waals surface area contributed by atoms with Crippen molar-refractivity contribution in [3.05, 3.63) is 75.8 Å². The summed E-state index contributed by atoms with van der Waals surface area (Å²) in [5.74, 6) is -2.22. The molecule has 140 valence electrons. The Morgan fingerprint density at radius 1 is 1.19 bits per heavy atom. The molecule has 4 nitrogen and oxygen atoms in total. The highest BCUT2D eigenvalue weighted by Gasteiger charge is 2.43. The van der Waals surface area contributed by atoms with Gasteiger partial charge in [-0.25, -0.2) is 4.39 Å². The van der Waals surface area contributed by atoms with E-state index in [2.05, 4.69) is 0 Å². The van der Waals surface area contributed by atoms with E-state index in [1.165, 1.54) is 17.0 Å². The summed E-state index contributed by atoms with van der Waals surface area (Å²) < 4.78 is 13.6. The summed E-state index contributed by atoms with van der Waals surface area (Å²) in [5, 5.41) is 10.3. The van der Waals surface area contributed by atoms with E-state index in [-0.39, 0.29) is 22.8 Å². The lowest BCUT2D eigenvalue weighted by Gasteiger charge is -2.27. The number of aliphatic hydroxyl groups excluding tert-OH is 1. The van der Waals surface area contributed by atoms with E-state index >= 15 is 0 Å². The van der Waals surface area contributed by atoms with Gasteiger partial charge < -0.3 is 5.11 Å². The van der Waals surface area contributed by atoms with Gasteiger partial charge in [-0.1, -0.05) is 49.7 Å². The molecule has 0 aromatic heterocycles. The van der Waals surface area contributed by atoms with Gasteiger partial charge in [0.25, 0.3) is 5.91 Å². The van der Waals surface area contributed by atoms with E-state index in [1.807, 2.05) is 31.2 Å². The van der Waals surface area contributed by atoms with Crippen LogP contribution in [0.2, 0.25) is 5.02 Å². The SMILES string of the molecule is CCC(=O)C1=C(O)C(=O)N(c2ccc(F)c(Cl)c2)C1c1ccc(CC)cc1. The number of carbonyl (C=O) groups excluding carboxylic acids is 2. The summed E-state index contributed by atoms with van der Waals surface area (Å²) in [6.07, 6.45) is 0.997. The average Bonchev–Trinajstić information content (AvgIpc) is 2.94. The van der Waals surface area contributed by atoms with Gasteiger partial charge in [0.15, 0.2) is 11.5 Å². The third-order valence-electron chi connectivity index (χ3n) is 4.71. The number of halogens is 2. The van der Waals surface area contributed by atoms with Gasteiger partial charge >= 0.3 is 0 Å². The first-order valence-electron chi connectivity index (χ1n) is 8.72. The van der Waals surface area contributed by atoms with E-state index in [1.54, 1.807) is 6.92 Å². The zero-order valence-electron chi connectivity index (χ0n) is 15.0. The van der Waals surface area contributed by atoms with Crippen LogP contribution in [0.15, 0.2) is 53.8 Å². The molecule has 1 unspecified atom stereocenters.